The van der Waals surface area contributed by atoms with Gasteiger partial charge in [-0.1, -0.05) is 42.5 Å². The zero-order valence-electron chi connectivity index (χ0n) is 16.0. The van der Waals surface area contributed by atoms with Crippen molar-refractivity contribution in [3.63, 3.8) is 0 Å². The first kappa shape index (κ1) is 19.4. The van der Waals surface area contributed by atoms with Crippen LogP contribution in [0.3, 0.4) is 0 Å². The zero-order chi connectivity index (χ0) is 19.3. The summed E-state index contributed by atoms with van der Waals surface area (Å²) in [5.41, 5.74) is 3.02. The summed E-state index contributed by atoms with van der Waals surface area (Å²) in [7, 11) is 0. The Morgan fingerprint density at radius 3 is 2.96 bits per heavy atom. The van der Waals surface area contributed by atoms with Crippen LogP contribution in [0.1, 0.15) is 21.7 Å². The summed E-state index contributed by atoms with van der Waals surface area (Å²) >= 11 is 3.32. The van der Waals surface area contributed by atoms with Gasteiger partial charge >= 0.3 is 0 Å². The molecular formula is C22H25N3OS2. The summed E-state index contributed by atoms with van der Waals surface area (Å²) in [5.74, 6) is 0.0938. The van der Waals surface area contributed by atoms with E-state index in [2.05, 4.69) is 59.0 Å². The average Bonchev–Trinajstić information content (AvgIpc) is 3.42. The Hall–Kier alpha value is -1.89. The molecule has 1 N–H and O–H groups in total. The van der Waals surface area contributed by atoms with Crippen molar-refractivity contribution in [1.82, 2.24) is 15.2 Å². The van der Waals surface area contributed by atoms with E-state index in [0.717, 1.165) is 30.8 Å². The predicted molar refractivity (Wildman–Crippen MR) is 119 cm³/mol. The fourth-order valence-corrected chi connectivity index (χ4v) is 5.42. The number of nitrogens with zero attached hydrogens (tertiary/aromatic N) is 2. The summed E-state index contributed by atoms with van der Waals surface area (Å²) in [4.78, 5) is 20.0. The molecule has 2 heterocycles. The van der Waals surface area contributed by atoms with E-state index in [-0.39, 0.29) is 5.91 Å². The summed E-state index contributed by atoms with van der Waals surface area (Å²) in [6.07, 6.45) is 5.86. The van der Waals surface area contributed by atoms with Crippen molar-refractivity contribution in [2.24, 2.45) is 0 Å². The van der Waals surface area contributed by atoms with Gasteiger partial charge in [0.1, 0.15) is 4.88 Å². The number of thioether (sulfide) groups is 1. The smallest absolute Gasteiger partial charge is 0.265 e. The highest BCUT2D eigenvalue weighted by Gasteiger charge is 2.30. The minimum Gasteiger partial charge on any atom is -0.336 e. The van der Waals surface area contributed by atoms with Gasteiger partial charge in [-0.3, -0.25) is 9.78 Å². The second kappa shape index (κ2) is 9.07. The van der Waals surface area contributed by atoms with Crippen molar-refractivity contribution in [3.05, 3.63) is 64.6 Å². The molecule has 0 aliphatic carbocycles. The second-order valence-corrected chi connectivity index (χ2v) is 9.09. The monoisotopic (exact) mass is 411 g/mol. The molecule has 3 aromatic rings. The maximum absolute atomic E-state index is 13.1. The van der Waals surface area contributed by atoms with Crippen LogP contribution in [0, 0.1) is 0 Å². The molecule has 1 amide bonds. The molecule has 1 saturated heterocycles. The Labute approximate surface area is 174 Å². The summed E-state index contributed by atoms with van der Waals surface area (Å²) in [6.45, 7) is 2.49. The lowest BCUT2D eigenvalue weighted by molar-refractivity contribution is 0.0749. The quantitative estimate of drug-likeness (QED) is 0.636. The molecule has 2 atom stereocenters. The second-order valence-electron chi connectivity index (χ2n) is 7.13. The minimum atomic E-state index is 0.0938. The van der Waals surface area contributed by atoms with Crippen molar-refractivity contribution >= 4 is 39.8 Å². The Bertz CT molecular complexity index is 923. The minimum absolute atomic E-state index is 0.0938. The van der Waals surface area contributed by atoms with Crippen LogP contribution in [0.25, 0.3) is 10.8 Å². The first-order valence-electron chi connectivity index (χ1n) is 9.67. The van der Waals surface area contributed by atoms with Gasteiger partial charge in [0.05, 0.1) is 11.7 Å². The van der Waals surface area contributed by atoms with Crippen LogP contribution in [-0.2, 0) is 6.42 Å². The number of thiazole rings is 1. The summed E-state index contributed by atoms with van der Waals surface area (Å²) in [5, 5.41) is 6.68. The molecule has 146 valence electrons. The van der Waals surface area contributed by atoms with E-state index < -0.39 is 0 Å². The molecule has 4 rings (SSSR count). The van der Waals surface area contributed by atoms with Gasteiger partial charge in [0.2, 0.25) is 0 Å². The number of nitrogens with one attached hydrogen (secondary N) is 1. The van der Waals surface area contributed by atoms with E-state index in [1.165, 1.54) is 27.7 Å². The first-order chi connectivity index (χ1) is 13.8. The molecule has 1 aliphatic heterocycles. The van der Waals surface area contributed by atoms with Gasteiger partial charge in [-0.15, -0.1) is 11.3 Å². The lowest BCUT2D eigenvalue weighted by Gasteiger charge is -2.28. The van der Waals surface area contributed by atoms with E-state index in [4.69, 9.17) is 0 Å². The van der Waals surface area contributed by atoms with Crippen LogP contribution in [0.5, 0.6) is 0 Å². The molecule has 4 nitrogen and oxygen atoms in total. The number of carbonyl (C=O) groups excluding carboxylic acids is 1. The van der Waals surface area contributed by atoms with E-state index in [0.29, 0.717) is 17.8 Å². The third-order valence-electron chi connectivity index (χ3n) is 5.47. The van der Waals surface area contributed by atoms with Crippen molar-refractivity contribution < 1.29 is 4.79 Å². The SMILES string of the molecule is CSC1CCNC1CN(CCc1cccc2ccccc12)C(=O)c1cncs1. The topological polar surface area (TPSA) is 45.2 Å². The third-order valence-corrected chi connectivity index (χ3v) is 7.40. The zero-order valence-corrected chi connectivity index (χ0v) is 17.6. The first-order valence-corrected chi connectivity index (χ1v) is 11.8. The fraction of sp³-hybridized carbons (Fsp3) is 0.364. The Balaban J connectivity index is 1.54. The Morgan fingerprint density at radius 2 is 2.14 bits per heavy atom. The number of amides is 1. The van der Waals surface area contributed by atoms with Crippen LogP contribution in [-0.4, -0.2) is 53.0 Å². The maximum Gasteiger partial charge on any atom is 0.265 e. The lowest BCUT2D eigenvalue weighted by Crippen LogP contribution is -2.45. The van der Waals surface area contributed by atoms with Gasteiger partial charge in [0.15, 0.2) is 0 Å². The summed E-state index contributed by atoms with van der Waals surface area (Å²) in [6, 6.07) is 15.2. The van der Waals surface area contributed by atoms with Gasteiger partial charge in [0.25, 0.3) is 5.91 Å². The van der Waals surface area contributed by atoms with E-state index >= 15 is 0 Å². The Morgan fingerprint density at radius 1 is 1.29 bits per heavy atom. The van der Waals surface area contributed by atoms with Crippen LogP contribution < -0.4 is 5.32 Å². The molecular weight excluding hydrogens is 386 g/mol. The van der Waals surface area contributed by atoms with Gasteiger partial charge in [-0.25, -0.2) is 0 Å². The van der Waals surface area contributed by atoms with Gasteiger partial charge in [0, 0.05) is 24.4 Å². The normalized spacial score (nSPS) is 19.2. The van der Waals surface area contributed by atoms with Crippen molar-refractivity contribution in [3.8, 4) is 0 Å². The number of fused-ring (bicyclic) bond motifs is 1. The van der Waals surface area contributed by atoms with Crippen molar-refractivity contribution in [1.29, 1.82) is 0 Å². The van der Waals surface area contributed by atoms with Gasteiger partial charge < -0.3 is 10.2 Å². The van der Waals surface area contributed by atoms with Crippen LogP contribution in [0.2, 0.25) is 0 Å². The molecule has 2 aromatic carbocycles. The number of hydrogen-bond donors (Lipinski definition) is 1. The van der Waals surface area contributed by atoms with Gasteiger partial charge in [-0.2, -0.15) is 11.8 Å². The predicted octanol–water partition coefficient (Wildman–Crippen LogP) is 4.07. The number of carbonyl (C=O) groups is 1. The van der Waals surface area contributed by atoms with E-state index in [1.54, 1.807) is 11.7 Å². The van der Waals surface area contributed by atoms with Crippen LogP contribution in [0.4, 0.5) is 0 Å². The molecule has 1 aliphatic rings. The number of aromatic nitrogens is 1. The average molecular weight is 412 g/mol. The third kappa shape index (κ3) is 4.24. The molecule has 1 fully saturated rings. The molecule has 0 bridgehead atoms. The van der Waals surface area contributed by atoms with E-state index in [9.17, 15) is 4.79 Å². The van der Waals surface area contributed by atoms with Gasteiger partial charge in [-0.05, 0) is 42.0 Å². The number of rotatable bonds is 7. The maximum atomic E-state index is 13.1. The highest BCUT2D eigenvalue weighted by molar-refractivity contribution is 7.99. The molecule has 0 spiro atoms. The van der Waals surface area contributed by atoms with Crippen LogP contribution >= 0.6 is 23.1 Å². The lowest BCUT2D eigenvalue weighted by atomic mass is 10.0. The number of hydrogen-bond acceptors (Lipinski definition) is 5. The van der Waals surface area contributed by atoms with Crippen molar-refractivity contribution in [2.45, 2.75) is 24.1 Å². The largest absolute Gasteiger partial charge is 0.336 e. The molecule has 0 radical (unpaired) electrons. The summed E-state index contributed by atoms with van der Waals surface area (Å²) < 4.78 is 0. The highest BCUT2D eigenvalue weighted by atomic mass is 32.2. The van der Waals surface area contributed by atoms with Crippen LogP contribution in [0.15, 0.2) is 54.2 Å². The molecule has 6 heteroatoms. The van der Waals surface area contributed by atoms with E-state index in [1.807, 2.05) is 16.7 Å². The van der Waals surface area contributed by atoms with Crippen molar-refractivity contribution in [2.75, 3.05) is 25.9 Å². The molecule has 1 aromatic heterocycles. The fourth-order valence-electron chi connectivity index (χ4n) is 3.96. The Kier molecular flexibility index (Phi) is 6.29. The standard InChI is InChI=1S/C22H25N3OS2/c1-27-20-9-11-24-19(20)14-25(22(26)21-13-23-15-28-21)12-10-17-7-4-6-16-5-2-3-8-18(16)17/h2-8,13,15,19-20,24H,9-12,14H2,1H3. The highest BCUT2D eigenvalue weighted by Crippen LogP contribution is 2.23. The molecule has 2 unspecified atom stereocenters. The molecule has 0 saturated carbocycles. The molecule has 28 heavy (non-hydrogen) atoms. The number of benzene rings is 2.